The Hall–Kier alpha value is -2.41. The summed E-state index contributed by atoms with van der Waals surface area (Å²) in [5, 5.41) is 0.779. The molecule has 21 heavy (non-hydrogen) atoms. The Morgan fingerprint density at radius 2 is 2.14 bits per heavy atom. The van der Waals surface area contributed by atoms with Crippen LogP contribution in [0.25, 0.3) is 10.9 Å². The number of para-hydroxylation sites is 1. The third kappa shape index (κ3) is 2.87. The van der Waals surface area contributed by atoms with Crippen LogP contribution in [0.15, 0.2) is 41.0 Å². The second-order valence-corrected chi connectivity index (χ2v) is 5.27. The number of fused-ring (bicyclic) bond motifs is 1. The van der Waals surface area contributed by atoms with Crippen LogP contribution in [0, 0.1) is 0 Å². The van der Waals surface area contributed by atoms with Crippen molar-refractivity contribution >= 4 is 38.6 Å². The van der Waals surface area contributed by atoms with Crippen molar-refractivity contribution in [3.05, 3.63) is 52.5 Å². The van der Waals surface area contributed by atoms with Crippen LogP contribution in [0.4, 0.5) is 5.82 Å². The van der Waals surface area contributed by atoms with Gasteiger partial charge in [-0.2, -0.15) is 0 Å². The van der Waals surface area contributed by atoms with Gasteiger partial charge in [-0.25, -0.2) is 14.8 Å². The Morgan fingerprint density at radius 1 is 1.33 bits per heavy atom. The van der Waals surface area contributed by atoms with Crippen LogP contribution in [0.2, 0.25) is 0 Å². The van der Waals surface area contributed by atoms with Crippen molar-refractivity contribution < 1.29 is 9.53 Å². The van der Waals surface area contributed by atoms with E-state index in [2.05, 4.69) is 30.9 Å². The lowest BCUT2D eigenvalue weighted by molar-refractivity contribution is 0.0456. The summed E-state index contributed by atoms with van der Waals surface area (Å²) in [6.45, 7) is -0.0372. The van der Waals surface area contributed by atoms with Crippen molar-refractivity contribution in [1.82, 2.24) is 15.0 Å². The highest BCUT2D eigenvalue weighted by Crippen LogP contribution is 2.17. The van der Waals surface area contributed by atoms with E-state index in [-0.39, 0.29) is 6.61 Å². The van der Waals surface area contributed by atoms with Crippen molar-refractivity contribution in [2.75, 3.05) is 5.73 Å². The number of anilines is 1. The van der Waals surface area contributed by atoms with E-state index >= 15 is 0 Å². The van der Waals surface area contributed by atoms with Crippen LogP contribution >= 0.6 is 15.9 Å². The molecule has 7 heteroatoms. The number of carbonyl (C=O) groups excluding carboxylic acids is 1. The lowest BCUT2D eigenvalue weighted by Gasteiger charge is -2.06. The van der Waals surface area contributed by atoms with E-state index in [0.29, 0.717) is 17.3 Å². The van der Waals surface area contributed by atoms with E-state index in [1.54, 1.807) is 12.3 Å². The van der Waals surface area contributed by atoms with Gasteiger partial charge in [-0.1, -0.05) is 12.1 Å². The van der Waals surface area contributed by atoms with Gasteiger partial charge in [0.2, 0.25) is 0 Å². The molecule has 2 aromatic heterocycles. The molecule has 0 unspecified atom stereocenters. The molecule has 1 aromatic carbocycles. The first-order valence-electron chi connectivity index (χ1n) is 6.15. The lowest BCUT2D eigenvalue weighted by Crippen LogP contribution is -2.09. The largest absolute Gasteiger partial charge is 0.453 e. The number of hydrogen-bond acceptors (Lipinski definition) is 5. The van der Waals surface area contributed by atoms with Gasteiger partial charge in [0, 0.05) is 16.1 Å². The molecular weight excluding hydrogens is 336 g/mol. The lowest BCUT2D eigenvalue weighted by atomic mass is 10.2. The Labute approximate surface area is 128 Å². The number of aromatic nitrogens is 3. The van der Waals surface area contributed by atoms with E-state index in [1.807, 2.05) is 24.3 Å². The van der Waals surface area contributed by atoms with E-state index in [4.69, 9.17) is 10.5 Å². The number of nitrogens with zero attached hydrogens (tertiary/aromatic N) is 2. The van der Waals surface area contributed by atoms with Gasteiger partial charge in [0.1, 0.15) is 11.5 Å². The summed E-state index contributed by atoms with van der Waals surface area (Å²) in [7, 11) is 0. The summed E-state index contributed by atoms with van der Waals surface area (Å²) in [5.74, 6) is 0.260. The highest BCUT2D eigenvalue weighted by atomic mass is 79.9. The van der Waals surface area contributed by atoms with Gasteiger partial charge in [0.05, 0.1) is 5.52 Å². The summed E-state index contributed by atoms with van der Waals surface area (Å²) < 4.78 is 5.94. The van der Waals surface area contributed by atoms with E-state index in [0.717, 1.165) is 15.4 Å². The average molecular weight is 347 g/mol. The third-order valence-electron chi connectivity index (χ3n) is 2.88. The van der Waals surface area contributed by atoms with Gasteiger partial charge < -0.3 is 15.5 Å². The number of rotatable bonds is 3. The van der Waals surface area contributed by atoms with Gasteiger partial charge in [-0.15, -0.1) is 0 Å². The number of carbonyl (C=O) groups is 1. The van der Waals surface area contributed by atoms with E-state index < -0.39 is 5.97 Å². The van der Waals surface area contributed by atoms with Crippen LogP contribution in [0.3, 0.4) is 0 Å². The minimum absolute atomic E-state index is 0.0372. The molecule has 0 aliphatic carbocycles. The molecule has 6 nitrogen and oxygen atoms in total. The maximum absolute atomic E-state index is 11.8. The Morgan fingerprint density at radius 3 is 2.90 bits per heavy atom. The number of nitrogens with one attached hydrogen (secondary N) is 1. The molecule has 0 bridgehead atoms. The monoisotopic (exact) mass is 346 g/mol. The van der Waals surface area contributed by atoms with Crippen molar-refractivity contribution in [2.45, 2.75) is 6.61 Å². The molecule has 0 radical (unpaired) electrons. The zero-order chi connectivity index (χ0) is 14.8. The van der Waals surface area contributed by atoms with Crippen LogP contribution in [0.1, 0.15) is 16.3 Å². The third-order valence-corrected chi connectivity index (χ3v) is 3.34. The molecule has 0 aliphatic rings. The quantitative estimate of drug-likeness (QED) is 0.711. The summed E-state index contributed by atoms with van der Waals surface area (Å²) in [4.78, 5) is 23.1. The number of ether oxygens (including phenoxy) is 1. The molecule has 0 saturated carbocycles. The van der Waals surface area contributed by atoms with Gasteiger partial charge in [0.25, 0.3) is 0 Å². The van der Waals surface area contributed by atoms with Gasteiger partial charge in [-0.05, 0) is 34.1 Å². The van der Waals surface area contributed by atoms with Crippen molar-refractivity contribution in [2.24, 2.45) is 0 Å². The number of hydrogen-bond donors (Lipinski definition) is 2. The minimum atomic E-state index is -0.476. The second kappa shape index (κ2) is 5.53. The molecule has 3 rings (SSSR count). The number of halogens is 1. The standard InChI is InChI=1S/C14H11BrN4O2/c15-8-5-11(17-6-8)14(20)21-7-12-18-10-4-2-1-3-9(10)13(16)19-12/h1-6,17H,7H2,(H2,16,18,19). The maximum Gasteiger partial charge on any atom is 0.355 e. The summed E-state index contributed by atoms with van der Waals surface area (Å²) in [6.07, 6.45) is 1.65. The van der Waals surface area contributed by atoms with E-state index in [9.17, 15) is 4.79 Å². The molecule has 2 heterocycles. The molecule has 3 aromatic rings. The average Bonchev–Trinajstić information content (AvgIpc) is 2.91. The van der Waals surface area contributed by atoms with Crippen LogP contribution < -0.4 is 5.73 Å². The maximum atomic E-state index is 11.8. The van der Waals surface area contributed by atoms with Crippen molar-refractivity contribution in [1.29, 1.82) is 0 Å². The van der Waals surface area contributed by atoms with Crippen molar-refractivity contribution in [3.63, 3.8) is 0 Å². The first-order valence-corrected chi connectivity index (χ1v) is 6.95. The van der Waals surface area contributed by atoms with Crippen LogP contribution in [-0.2, 0) is 11.3 Å². The number of aromatic amines is 1. The Balaban J connectivity index is 1.77. The SMILES string of the molecule is Nc1nc(COC(=O)c2cc(Br)c[nH]2)nc2ccccc12. The molecule has 0 spiro atoms. The minimum Gasteiger partial charge on any atom is -0.453 e. The number of benzene rings is 1. The van der Waals surface area contributed by atoms with Crippen LogP contribution in [0.5, 0.6) is 0 Å². The number of nitrogen functional groups attached to an aromatic ring is 1. The molecule has 106 valence electrons. The summed E-state index contributed by atoms with van der Waals surface area (Å²) in [6, 6.07) is 9.04. The second-order valence-electron chi connectivity index (χ2n) is 4.35. The number of H-pyrrole nitrogens is 1. The molecule has 0 aliphatic heterocycles. The van der Waals surface area contributed by atoms with Gasteiger partial charge >= 0.3 is 5.97 Å². The highest BCUT2D eigenvalue weighted by Gasteiger charge is 2.11. The Kier molecular flexibility index (Phi) is 3.57. The first kappa shape index (κ1) is 13.6. The molecule has 0 atom stereocenters. The normalized spacial score (nSPS) is 10.7. The van der Waals surface area contributed by atoms with Gasteiger partial charge in [0.15, 0.2) is 12.4 Å². The fourth-order valence-corrected chi connectivity index (χ4v) is 2.25. The van der Waals surface area contributed by atoms with Gasteiger partial charge in [-0.3, -0.25) is 0 Å². The predicted octanol–water partition coefficient (Wildman–Crippen LogP) is 2.66. The fourth-order valence-electron chi connectivity index (χ4n) is 1.91. The predicted molar refractivity (Wildman–Crippen MR) is 81.6 cm³/mol. The molecule has 0 fully saturated rings. The summed E-state index contributed by atoms with van der Waals surface area (Å²) >= 11 is 3.25. The Bertz CT molecular complexity index is 816. The smallest absolute Gasteiger partial charge is 0.355 e. The van der Waals surface area contributed by atoms with Crippen molar-refractivity contribution in [3.8, 4) is 0 Å². The first-order chi connectivity index (χ1) is 10.1. The molecule has 0 amide bonds. The summed E-state index contributed by atoms with van der Waals surface area (Å²) in [5.41, 5.74) is 6.95. The fraction of sp³-hybridized carbons (Fsp3) is 0.0714. The number of esters is 1. The van der Waals surface area contributed by atoms with Crippen LogP contribution in [-0.4, -0.2) is 20.9 Å². The topological polar surface area (TPSA) is 93.9 Å². The zero-order valence-electron chi connectivity index (χ0n) is 10.8. The van der Waals surface area contributed by atoms with E-state index in [1.165, 1.54) is 0 Å². The highest BCUT2D eigenvalue weighted by molar-refractivity contribution is 9.10. The molecule has 0 saturated heterocycles. The molecule has 3 N–H and O–H groups in total. The zero-order valence-corrected chi connectivity index (χ0v) is 12.4. The molecular formula is C14H11BrN4O2. The number of nitrogens with two attached hydrogens (primary N) is 1.